The Morgan fingerprint density at radius 3 is 1.89 bits per heavy atom. The summed E-state index contributed by atoms with van der Waals surface area (Å²) in [5, 5.41) is 8.48. The van der Waals surface area contributed by atoms with Gasteiger partial charge in [-0.25, -0.2) is 0 Å². The topological polar surface area (TPSA) is 37.3 Å². The maximum Gasteiger partial charge on any atom is 0.303 e. The monoisotopic (exact) mass is 259 g/mol. The number of hydrogen-bond acceptors (Lipinski definition) is 1. The molecule has 0 fully saturated rings. The van der Waals surface area contributed by atoms with Crippen LogP contribution in [0.1, 0.15) is 84.0 Å². The molecular formula is C16H30O2. The van der Waals surface area contributed by atoms with Gasteiger partial charge in [0.15, 0.2) is 0 Å². The molecule has 0 aromatic heterocycles. The lowest BCUT2D eigenvalue weighted by Gasteiger charge is -1.98. The molecule has 0 spiro atoms. The van der Waals surface area contributed by atoms with Gasteiger partial charge in [-0.1, -0.05) is 57.6 Å². The molecule has 0 amide bonds. The fraction of sp³-hybridized carbons (Fsp3) is 0.812. The summed E-state index contributed by atoms with van der Waals surface area (Å²) in [4.78, 5) is 10.3. The number of rotatable bonds is 13. The van der Waals surface area contributed by atoms with E-state index in [0.717, 1.165) is 12.8 Å². The van der Waals surface area contributed by atoms with Crippen LogP contribution in [0.4, 0.5) is 0 Å². The SMILES string of the molecule is CCCCCC/C=C\[13CH2][13CH2]CCC[13CH2][13CH2][13C](=O)O. The molecular weight excluding hydrogens is 229 g/mol. The van der Waals surface area contributed by atoms with E-state index in [-0.39, 0.29) is 0 Å². The Hall–Kier alpha value is -0.790. The van der Waals surface area contributed by atoms with Crippen LogP contribution in [0.3, 0.4) is 0 Å². The third-order valence-electron chi connectivity index (χ3n) is 3.15. The van der Waals surface area contributed by atoms with Gasteiger partial charge in [-0.15, -0.1) is 0 Å². The van der Waals surface area contributed by atoms with E-state index in [1.54, 1.807) is 0 Å². The van der Waals surface area contributed by atoms with Gasteiger partial charge in [-0.2, -0.15) is 0 Å². The first-order valence-electron chi connectivity index (χ1n) is 7.64. The molecule has 0 aromatic rings. The van der Waals surface area contributed by atoms with E-state index >= 15 is 0 Å². The van der Waals surface area contributed by atoms with Gasteiger partial charge in [-0.3, -0.25) is 4.79 Å². The van der Waals surface area contributed by atoms with E-state index in [1.165, 1.54) is 57.8 Å². The first-order chi connectivity index (χ1) is 8.77. The molecule has 0 aliphatic rings. The third-order valence-corrected chi connectivity index (χ3v) is 3.15. The quantitative estimate of drug-likeness (QED) is 0.276. The summed E-state index contributed by atoms with van der Waals surface area (Å²) in [5.74, 6) is -0.666. The number of aliphatic carboxylic acids is 1. The molecule has 0 radical (unpaired) electrons. The van der Waals surface area contributed by atoms with Crippen molar-refractivity contribution in [3.05, 3.63) is 12.2 Å². The van der Waals surface area contributed by atoms with Crippen LogP contribution < -0.4 is 0 Å². The molecule has 0 saturated carbocycles. The van der Waals surface area contributed by atoms with E-state index in [1.807, 2.05) is 0 Å². The largest absolute Gasteiger partial charge is 0.481 e. The average molecular weight is 259 g/mol. The van der Waals surface area contributed by atoms with Gasteiger partial charge < -0.3 is 5.11 Å². The van der Waals surface area contributed by atoms with Gasteiger partial charge in [0.1, 0.15) is 0 Å². The maximum atomic E-state index is 10.3. The highest BCUT2D eigenvalue weighted by Gasteiger charge is 1.95. The second kappa shape index (κ2) is 14.3. The van der Waals surface area contributed by atoms with E-state index < -0.39 is 5.97 Å². The summed E-state index contributed by atoms with van der Waals surface area (Å²) in [6.07, 6.45) is 18.3. The minimum atomic E-state index is -0.666. The van der Waals surface area contributed by atoms with E-state index in [9.17, 15) is 4.79 Å². The highest BCUT2D eigenvalue weighted by molar-refractivity contribution is 5.66. The Morgan fingerprint density at radius 1 is 0.833 bits per heavy atom. The van der Waals surface area contributed by atoms with E-state index in [0.29, 0.717) is 6.42 Å². The highest BCUT2D eigenvalue weighted by Crippen LogP contribution is 2.08. The lowest BCUT2D eigenvalue weighted by Crippen LogP contribution is -1.93. The van der Waals surface area contributed by atoms with Crippen LogP contribution in [-0.2, 0) is 4.79 Å². The fourth-order valence-corrected chi connectivity index (χ4v) is 1.99. The van der Waals surface area contributed by atoms with Crippen molar-refractivity contribution in [1.29, 1.82) is 0 Å². The minimum Gasteiger partial charge on any atom is -0.481 e. The van der Waals surface area contributed by atoms with Gasteiger partial charge in [0.25, 0.3) is 0 Å². The lowest BCUT2D eigenvalue weighted by molar-refractivity contribution is -0.137. The van der Waals surface area contributed by atoms with Gasteiger partial charge in [-0.05, 0) is 32.1 Å². The molecule has 106 valence electrons. The fourth-order valence-electron chi connectivity index (χ4n) is 1.99. The summed E-state index contributed by atoms with van der Waals surface area (Å²) >= 11 is 0. The van der Waals surface area contributed by atoms with Crippen molar-refractivity contribution < 1.29 is 9.90 Å². The number of carboxylic acids is 1. The molecule has 0 saturated heterocycles. The van der Waals surface area contributed by atoms with Crippen LogP contribution in [-0.4, -0.2) is 11.1 Å². The Morgan fingerprint density at radius 2 is 1.33 bits per heavy atom. The number of carboxylic acid groups (broad SMARTS) is 1. The summed E-state index contributed by atoms with van der Waals surface area (Å²) in [6.45, 7) is 2.24. The number of unbranched alkanes of at least 4 members (excludes halogenated alkanes) is 9. The molecule has 2 nitrogen and oxygen atoms in total. The van der Waals surface area contributed by atoms with Gasteiger partial charge in [0, 0.05) is 6.42 Å². The molecule has 18 heavy (non-hydrogen) atoms. The summed E-state index contributed by atoms with van der Waals surface area (Å²) in [5.41, 5.74) is 0. The number of carbonyl (C=O) groups is 1. The predicted molar refractivity (Wildman–Crippen MR) is 77.9 cm³/mol. The Kier molecular flexibility index (Phi) is 13.6. The number of hydrogen-bond donors (Lipinski definition) is 1. The van der Waals surface area contributed by atoms with Crippen molar-refractivity contribution in [3.63, 3.8) is 0 Å². The molecule has 0 aliphatic heterocycles. The van der Waals surface area contributed by atoms with Crippen molar-refractivity contribution in [1.82, 2.24) is 0 Å². The second-order valence-electron chi connectivity index (χ2n) is 5.02. The molecule has 0 aromatic carbocycles. The smallest absolute Gasteiger partial charge is 0.303 e. The molecule has 0 bridgehead atoms. The maximum absolute atomic E-state index is 10.3. The molecule has 1 N–H and O–H groups in total. The normalized spacial score (nSPS) is 11.2. The molecule has 0 atom stereocenters. The molecule has 0 rings (SSSR count). The number of allylic oxidation sites excluding steroid dienone is 2. The van der Waals surface area contributed by atoms with Gasteiger partial charge >= 0.3 is 5.97 Å². The van der Waals surface area contributed by atoms with Gasteiger partial charge in [0.2, 0.25) is 0 Å². The molecule has 0 heterocycles. The Balaban J connectivity index is 3.06. The van der Waals surface area contributed by atoms with Crippen LogP contribution in [0.15, 0.2) is 12.2 Å². The van der Waals surface area contributed by atoms with Crippen molar-refractivity contribution in [2.24, 2.45) is 0 Å². The van der Waals surface area contributed by atoms with Crippen LogP contribution in [0.2, 0.25) is 0 Å². The molecule has 0 aliphatic carbocycles. The standard InChI is InChI=1S/C16H30O2/c1-2-3-4-5-6-7-8-9-10-11-12-13-14-15-16(17)18/h7-8H,2-6,9-15H2,1H3,(H,17,18)/b8-7-/i9+1,10+1,14+1,15+1,16+1. The van der Waals surface area contributed by atoms with Crippen molar-refractivity contribution >= 4 is 5.97 Å². The van der Waals surface area contributed by atoms with Crippen molar-refractivity contribution in [3.8, 4) is 0 Å². The first-order valence-corrected chi connectivity index (χ1v) is 7.64. The molecule has 0 unspecified atom stereocenters. The zero-order valence-electron chi connectivity index (χ0n) is 12.0. The van der Waals surface area contributed by atoms with Crippen LogP contribution in [0.5, 0.6) is 0 Å². The Labute approximate surface area is 112 Å². The van der Waals surface area contributed by atoms with E-state index in [2.05, 4.69) is 19.1 Å². The minimum absolute atomic E-state index is 0.331. The summed E-state index contributed by atoms with van der Waals surface area (Å²) < 4.78 is 0. The highest BCUT2D eigenvalue weighted by atomic mass is 16.5. The van der Waals surface area contributed by atoms with Crippen molar-refractivity contribution in [2.75, 3.05) is 0 Å². The Bertz CT molecular complexity index is 209. The summed E-state index contributed by atoms with van der Waals surface area (Å²) in [7, 11) is 0. The zero-order valence-corrected chi connectivity index (χ0v) is 12.0. The summed E-state index contributed by atoms with van der Waals surface area (Å²) in [6, 6.07) is 0. The first kappa shape index (κ1) is 17.2. The zero-order chi connectivity index (χ0) is 13.5. The van der Waals surface area contributed by atoms with Crippen LogP contribution >= 0.6 is 0 Å². The predicted octanol–water partition coefficient (Wildman–Crippen LogP) is 5.33. The average Bonchev–Trinajstić information content (AvgIpc) is 2.34. The second-order valence-corrected chi connectivity index (χ2v) is 5.02. The third kappa shape index (κ3) is 15.2. The van der Waals surface area contributed by atoms with Crippen LogP contribution in [0, 0.1) is 0 Å². The van der Waals surface area contributed by atoms with Crippen LogP contribution in [0.25, 0.3) is 0 Å². The van der Waals surface area contributed by atoms with E-state index in [4.69, 9.17) is 5.11 Å². The lowest BCUT2D eigenvalue weighted by atomic mass is 10.1. The molecule has 2 heteroatoms. The van der Waals surface area contributed by atoms with Crippen molar-refractivity contribution in [2.45, 2.75) is 84.0 Å². The van der Waals surface area contributed by atoms with Gasteiger partial charge in [0.05, 0.1) is 0 Å².